The third-order valence-corrected chi connectivity index (χ3v) is 5.39. The summed E-state index contributed by atoms with van der Waals surface area (Å²) in [6, 6.07) is 21.2. The number of carbonyl (C=O) groups is 1. The number of nitrogens with zero attached hydrogens (tertiary/aromatic N) is 3. The van der Waals surface area contributed by atoms with E-state index >= 15 is 0 Å². The topological polar surface area (TPSA) is 38.8 Å². The summed E-state index contributed by atoms with van der Waals surface area (Å²) in [5.41, 5.74) is 2.44. The molecule has 2 aliphatic heterocycles. The summed E-state index contributed by atoms with van der Waals surface area (Å²) in [6.45, 7) is 6.52. The molecule has 5 heteroatoms. The van der Waals surface area contributed by atoms with Crippen LogP contribution in [-0.2, 0) is 6.54 Å². The molecule has 2 aliphatic rings. The maximum Gasteiger partial charge on any atom is 0.317 e. The van der Waals surface area contributed by atoms with Crippen LogP contribution in [0.3, 0.4) is 0 Å². The highest BCUT2D eigenvalue weighted by atomic mass is 16.2. The molecule has 136 valence electrons. The lowest BCUT2D eigenvalue weighted by Gasteiger charge is -2.48. The molecule has 2 saturated heterocycles. The van der Waals surface area contributed by atoms with E-state index in [2.05, 4.69) is 45.4 Å². The second-order valence-electron chi connectivity index (χ2n) is 7.06. The van der Waals surface area contributed by atoms with E-state index in [0.29, 0.717) is 12.6 Å². The number of urea groups is 1. The van der Waals surface area contributed by atoms with Gasteiger partial charge in [0.2, 0.25) is 0 Å². The Hall–Kier alpha value is -2.53. The van der Waals surface area contributed by atoms with E-state index in [0.717, 1.165) is 44.8 Å². The molecular weight excluding hydrogens is 324 g/mol. The van der Waals surface area contributed by atoms with Gasteiger partial charge in [-0.05, 0) is 17.7 Å². The van der Waals surface area contributed by atoms with E-state index in [1.54, 1.807) is 0 Å². The van der Waals surface area contributed by atoms with Gasteiger partial charge < -0.3 is 15.1 Å². The van der Waals surface area contributed by atoms with Gasteiger partial charge in [-0.1, -0.05) is 48.5 Å². The third kappa shape index (κ3) is 3.83. The Kier molecular flexibility index (Phi) is 5.07. The van der Waals surface area contributed by atoms with Gasteiger partial charge in [-0.25, -0.2) is 4.79 Å². The Bertz CT molecular complexity index is 707. The van der Waals surface area contributed by atoms with Crippen LogP contribution in [0.1, 0.15) is 5.56 Å². The van der Waals surface area contributed by atoms with Gasteiger partial charge in [-0.2, -0.15) is 0 Å². The number of rotatable bonds is 4. The number of likely N-dealkylation sites (tertiary alicyclic amines) is 1. The van der Waals surface area contributed by atoms with Gasteiger partial charge in [-0.3, -0.25) is 4.90 Å². The number of hydrogen-bond donors (Lipinski definition) is 1. The number of anilines is 1. The largest absolute Gasteiger partial charge is 0.369 e. The zero-order valence-corrected chi connectivity index (χ0v) is 15.1. The van der Waals surface area contributed by atoms with Gasteiger partial charge in [0.25, 0.3) is 0 Å². The van der Waals surface area contributed by atoms with E-state index in [9.17, 15) is 4.79 Å². The molecule has 4 rings (SSSR count). The van der Waals surface area contributed by atoms with Gasteiger partial charge in [-0.15, -0.1) is 0 Å². The maximum absolute atomic E-state index is 12.3. The standard InChI is InChI=1S/C21H26N4O/c26-21(22-15-18-7-3-1-4-8-18)25-16-20(17-25)24-13-11-23(12-14-24)19-9-5-2-6-10-19/h1-10,20H,11-17H2,(H,22,26). The molecule has 26 heavy (non-hydrogen) atoms. The highest BCUT2D eigenvalue weighted by Crippen LogP contribution is 2.20. The first-order valence-electron chi connectivity index (χ1n) is 9.40. The van der Waals surface area contributed by atoms with Crippen LogP contribution in [-0.4, -0.2) is 61.1 Å². The molecule has 2 aromatic carbocycles. The van der Waals surface area contributed by atoms with Crippen molar-refractivity contribution in [2.45, 2.75) is 12.6 Å². The molecule has 2 fully saturated rings. The first-order chi connectivity index (χ1) is 12.8. The minimum atomic E-state index is 0.0491. The number of para-hydroxylation sites is 1. The van der Waals surface area contributed by atoms with Crippen LogP contribution in [0.5, 0.6) is 0 Å². The Morgan fingerprint density at radius 1 is 0.885 bits per heavy atom. The van der Waals surface area contributed by atoms with E-state index in [1.165, 1.54) is 5.69 Å². The highest BCUT2D eigenvalue weighted by molar-refractivity contribution is 5.75. The second kappa shape index (κ2) is 7.79. The first-order valence-corrected chi connectivity index (χ1v) is 9.40. The Balaban J connectivity index is 1.19. The van der Waals surface area contributed by atoms with Crippen LogP contribution < -0.4 is 10.2 Å². The predicted octanol–water partition coefficient (Wildman–Crippen LogP) is 2.40. The fourth-order valence-corrected chi connectivity index (χ4v) is 3.72. The number of hydrogen-bond acceptors (Lipinski definition) is 3. The van der Waals surface area contributed by atoms with Crippen molar-refractivity contribution in [3.05, 3.63) is 66.2 Å². The second-order valence-corrected chi connectivity index (χ2v) is 7.06. The summed E-state index contributed by atoms with van der Waals surface area (Å²) in [5.74, 6) is 0. The van der Waals surface area contributed by atoms with Crippen molar-refractivity contribution in [3.63, 3.8) is 0 Å². The lowest BCUT2D eigenvalue weighted by Crippen LogP contribution is -2.65. The SMILES string of the molecule is O=C(NCc1ccccc1)N1CC(N2CCN(c3ccccc3)CC2)C1. The molecule has 2 aromatic rings. The molecule has 2 amide bonds. The fraction of sp³-hybridized carbons (Fsp3) is 0.381. The highest BCUT2D eigenvalue weighted by Gasteiger charge is 2.35. The molecule has 2 heterocycles. The van der Waals surface area contributed by atoms with Gasteiger partial charge in [0, 0.05) is 57.5 Å². The molecule has 0 unspecified atom stereocenters. The summed E-state index contributed by atoms with van der Waals surface area (Å²) in [7, 11) is 0. The Labute approximate surface area is 155 Å². The van der Waals surface area contributed by atoms with E-state index in [4.69, 9.17) is 0 Å². The average molecular weight is 350 g/mol. The molecule has 0 aromatic heterocycles. The van der Waals surface area contributed by atoms with Crippen molar-refractivity contribution in [1.82, 2.24) is 15.1 Å². The van der Waals surface area contributed by atoms with Crippen LogP contribution in [0.2, 0.25) is 0 Å². The van der Waals surface area contributed by atoms with Crippen LogP contribution in [0.25, 0.3) is 0 Å². The molecule has 0 radical (unpaired) electrons. The summed E-state index contributed by atoms with van der Waals surface area (Å²) in [4.78, 5) is 19.1. The maximum atomic E-state index is 12.3. The molecule has 0 atom stereocenters. The lowest BCUT2D eigenvalue weighted by atomic mass is 10.1. The molecule has 0 saturated carbocycles. The van der Waals surface area contributed by atoms with Crippen molar-refractivity contribution >= 4 is 11.7 Å². The van der Waals surface area contributed by atoms with Crippen molar-refractivity contribution < 1.29 is 4.79 Å². The summed E-state index contributed by atoms with van der Waals surface area (Å²) < 4.78 is 0. The Morgan fingerprint density at radius 2 is 1.50 bits per heavy atom. The third-order valence-electron chi connectivity index (χ3n) is 5.39. The quantitative estimate of drug-likeness (QED) is 0.920. The van der Waals surface area contributed by atoms with Gasteiger partial charge in [0.1, 0.15) is 0 Å². The molecule has 5 nitrogen and oxygen atoms in total. The van der Waals surface area contributed by atoms with Crippen molar-refractivity contribution in [2.24, 2.45) is 0 Å². The number of benzene rings is 2. The zero-order valence-electron chi connectivity index (χ0n) is 15.1. The van der Waals surface area contributed by atoms with E-state index in [1.807, 2.05) is 35.2 Å². The molecule has 1 N–H and O–H groups in total. The van der Waals surface area contributed by atoms with Crippen LogP contribution >= 0.6 is 0 Å². The van der Waals surface area contributed by atoms with Crippen molar-refractivity contribution in [1.29, 1.82) is 0 Å². The minimum absolute atomic E-state index is 0.0491. The summed E-state index contributed by atoms with van der Waals surface area (Å²) in [6.07, 6.45) is 0. The molecule has 0 aliphatic carbocycles. The zero-order chi connectivity index (χ0) is 17.8. The number of carbonyl (C=O) groups excluding carboxylic acids is 1. The summed E-state index contributed by atoms with van der Waals surface area (Å²) >= 11 is 0. The normalized spacial score (nSPS) is 18.5. The average Bonchev–Trinajstić information content (AvgIpc) is 2.67. The minimum Gasteiger partial charge on any atom is -0.369 e. The predicted molar refractivity (Wildman–Crippen MR) is 104 cm³/mol. The molecule has 0 spiro atoms. The Morgan fingerprint density at radius 3 is 2.15 bits per heavy atom. The first kappa shape index (κ1) is 16.9. The lowest BCUT2D eigenvalue weighted by molar-refractivity contribution is 0.0531. The fourth-order valence-electron chi connectivity index (χ4n) is 3.72. The van der Waals surface area contributed by atoms with Crippen molar-refractivity contribution in [3.8, 4) is 0 Å². The molecule has 0 bridgehead atoms. The van der Waals surface area contributed by atoms with Crippen molar-refractivity contribution in [2.75, 3.05) is 44.2 Å². The van der Waals surface area contributed by atoms with E-state index in [-0.39, 0.29) is 6.03 Å². The summed E-state index contributed by atoms with van der Waals surface area (Å²) in [5, 5.41) is 3.01. The monoisotopic (exact) mass is 350 g/mol. The smallest absolute Gasteiger partial charge is 0.317 e. The van der Waals surface area contributed by atoms with Crippen LogP contribution in [0.4, 0.5) is 10.5 Å². The van der Waals surface area contributed by atoms with E-state index < -0.39 is 0 Å². The molecular formula is C21H26N4O. The van der Waals surface area contributed by atoms with Gasteiger partial charge >= 0.3 is 6.03 Å². The van der Waals surface area contributed by atoms with Crippen LogP contribution in [0.15, 0.2) is 60.7 Å². The number of amides is 2. The number of piperazine rings is 1. The van der Waals surface area contributed by atoms with Gasteiger partial charge in [0.15, 0.2) is 0 Å². The van der Waals surface area contributed by atoms with Gasteiger partial charge in [0.05, 0.1) is 0 Å². The van der Waals surface area contributed by atoms with Crippen LogP contribution in [0, 0.1) is 0 Å². The number of nitrogens with one attached hydrogen (secondary N) is 1.